The first kappa shape index (κ1) is 12.6. The van der Waals surface area contributed by atoms with E-state index in [9.17, 15) is 0 Å². The van der Waals surface area contributed by atoms with Crippen molar-refractivity contribution in [2.24, 2.45) is 5.73 Å². The van der Waals surface area contributed by atoms with Crippen LogP contribution in [0.4, 0.5) is 5.69 Å². The predicted octanol–water partition coefficient (Wildman–Crippen LogP) is 2.11. The summed E-state index contributed by atoms with van der Waals surface area (Å²) in [4.78, 5) is 7.55. The number of nitrogens with zero attached hydrogens (tertiary/aromatic N) is 2. The molecule has 0 saturated heterocycles. The lowest BCUT2D eigenvalue weighted by Gasteiger charge is -2.21. The molecule has 5 heteroatoms. The van der Waals surface area contributed by atoms with Gasteiger partial charge in [-0.3, -0.25) is 10.4 Å². The molecule has 2 aromatic rings. The predicted molar refractivity (Wildman–Crippen MR) is 76.5 cm³/mol. The first-order valence-electron chi connectivity index (χ1n) is 5.70. The molecular formula is C13H16N4S. The summed E-state index contributed by atoms with van der Waals surface area (Å²) in [5, 5.41) is 9.65. The third-order valence-corrected chi connectivity index (χ3v) is 3.71. The lowest BCUT2D eigenvalue weighted by atomic mass is 10.2. The average Bonchev–Trinajstić information content (AvgIpc) is 2.89. The number of hydrogen-bond acceptors (Lipinski definition) is 4. The summed E-state index contributed by atoms with van der Waals surface area (Å²) < 4.78 is 0. The fourth-order valence-electron chi connectivity index (χ4n) is 1.77. The number of nitrogen functional groups attached to an aromatic ring is 1. The molecule has 0 spiro atoms. The van der Waals surface area contributed by atoms with Gasteiger partial charge in [-0.15, -0.1) is 11.3 Å². The summed E-state index contributed by atoms with van der Waals surface area (Å²) in [6.07, 6.45) is 4.40. The number of likely N-dealkylation sites (N-methyl/N-ethyl adjacent to an activating group) is 1. The molecule has 0 unspecified atom stereocenters. The quantitative estimate of drug-likeness (QED) is 0.639. The van der Waals surface area contributed by atoms with Gasteiger partial charge in [0.15, 0.2) is 0 Å². The van der Waals surface area contributed by atoms with Crippen LogP contribution >= 0.6 is 11.3 Å². The van der Waals surface area contributed by atoms with Gasteiger partial charge in [0.25, 0.3) is 0 Å². The largest absolute Gasteiger partial charge is 0.384 e. The van der Waals surface area contributed by atoms with Gasteiger partial charge in [-0.1, -0.05) is 6.07 Å². The molecule has 94 valence electrons. The van der Waals surface area contributed by atoms with Crippen LogP contribution in [-0.2, 0) is 6.42 Å². The summed E-state index contributed by atoms with van der Waals surface area (Å²) in [7, 11) is 2.00. The molecule has 0 aliphatic heterocycles. The molecule has 0 aliphatic rings. The molecule has 0 bridgehead atoms. The number of rotatable bonds is 5. The third-order valence-electron chi connectivity index (χ3n) is 2.78. The summed E-state index contributed by atoms with van der Waals surface area (Å²) >= 11 is 1.76. The van der Waals surface area contributed by atoms with E-state index in [-0.39, 0.29) is 5.84 Å². The molecule has 0 saturated carbocycles. The number of hydrogen-bond donors (Lipinski definition) is 2. The maximum atomic E-state index is 7.57. The Bertz CT molecular complexity index is 522. The Kier molecular flexibility index (Phi) is 3.94. The Morgan fingerprint density at radius 3 is 3.00 bits per heavy atom. The summed E-state index contributed by atoms with van der Waals surface area (Å²) in [6.45, 7) is 0.881. The van der Waals surface area contributed by atoms with Crippen LogP contribution in [0.1, 0.15) is 10.4 Å². The zero-order valence-corrected chi connectivity index (χ0v) is 11.1. The van der Waals surface area contributed by atoms with Crippen molar-refractivity contribution in [2.45, 2.75) is 6.42 Å². The van der Waals surface area contributed by atoms with Gasteiger partial charge < -0.3 is 10.6 Å². The topological polar surface area (TPSA) is 66.0 Å². The van der Waals surface area contributed by atoms with Gasteiger partial charge in [0, 0.05) is 30.2 Å². The van der Waals surface area contributed by atoms with Crippen LogP contribution in [-0.4, -0.2) is 24.4 Å². The molecule has 2 heterocycles. The van der Waals surface area contributed by atoms with Crippen LogP contribution in [0.25, 0.3) is 0 Å². The van der Waals surface area contributed by atoms with Gasteiger partial charge >= 0.3 is 0 Å². The Balaban J connectivity index is 2.09. The van der Waals surface area contributed by atoms with Crippen LogP contribution in [0.5, 0.6) is 0 Å². The van der Waals surface area contributed by atoms with Gasteiger partial charge in [-0.05, 0) is 23.9 Å². The maximum absolute atomic E-state index is 7.57. The van der Waals surface area contributed by atoms with E-state index in [0.29, 0.717) is 0 Å². The van der Waals surface area contributed by atoms with Crippen molar-refractivity contribution >= 4 is 22.9 Å². The van der Waals surface area contributed by atoms with Crippen molar-refractivity contribution in [1.82, 2.24) is 4.98 Å². The maximum Gasteiger partial charge on any atom is 0.125 e. The van der Waals surface area contributed by atoms with Crippen molar-refractivity contribution in [2.75, 3.05) is 18.5 Å². The second-order valence-electron chi connectivity index (χ2n) is 4.06. The van der Waals surface area contributed by atoms with E-state index in [2.05, 4.69) is 27.4 Å². The molecule has 3 N–H and O–H groups in total. The number of thiophene rings is 1. The number of amidine groups is 1. The van der Waals surface area contributed by atoms with E-state index < -0.39 is 0 Å². The highest BCUT2D eigenvalue weighted by molar-refractivity contribution is 7.09. The summed E-state index contributed by atoms with van der Waals surface area (Å²) in [5.41, 5.74) is 7.21. The Morgan fingerprint density at radius 2 is 2.33 bits per heavy atom. The highest BCUT2D eigenvalue weighted by Gasteiger charge is 2.09. The van der Waals surface area contributed by atoms with Gasteiger partial charge in [-0.2, -0.15) is 0 Å². The lowest BCUT2D eigenvalue weighted by molar-refractivity contribution is 0.882. The second-order valence-corrected chi connectivity index (χ2v) is 5.09. The fraction of sp³-hybridized carbons (Fsp3) is 0.231. The first-order chi connectivity index (χ1) is 8.68. The van der Waals surface area contributed by atoms with Crippen molar-refractivity contribution < 1.29 is 0 Å². The smallest absolute Gasteiger partial charge is 0.125 e. The molecular weight excluding hydrogens is 244 g/mol. The standard InChI is InChI=1S/C13H16N4S/c1-17(7-5-10-3-2-8-18-10)12-9-16-6-4-11(12)13(14)15/h2-4,6,8-9H,5,7H2,1H3,(H3,14,15). The van der Waals surface area contributed by atoms with Crippen LogP contribution in [0, 0.1) is 5.41 Å². The van der Waals surface area contributed by atoms with E-state index in [0.717, 1.165) is 24.2 Å². The monoisotopic (exact) mass is 260 g/mol. The molecule has 0 aromatic carbocycles. The Labute approximate surface area is 111 Å². The van der Waals surface area contributed by atoms with Crippen LogP contribution < -0.4 is 10.6 Å². The fourth-order valence-corrected chi connectivity index (χ4v) is 2.47. The Morgan fingerprint density at radius 1 is 1.50 bits per heavy atom. The van der Waals surface area contributed by atoms with E-state index in [1.807, 2.05) is 7.05 Å². The molecule has 2 aromatic heterocycles. The van der Waals surface area contributed by atoms with Crippen molar-refractivity contribution in [3.63, 3.8) is 0 Å². The van der Waals surface area contributed by atoms with Crippen molar-refractivity contribution in [1.29, 1.82) is 5.41 Å². The van der Waals surface area contributed by atoms with Gasteiger partial charge in [0.05, 0.1) is 11.9 Å². The highest BCUT2D eigenvalue weighted by Crippen LogP contribution is 2.18. The average molecular weight is 260 g/mol. The normalized spacial score (nSPS) is 10.3. The van der Waals surface area contributed by atoms with Gasteiger partial charge in [0.1, 0.15) is 5.84 Å². The molecule has 2 rings (SSSR count). The van der Waals surface area contributed by atoms with E-state index in [1.54, 1.807) is 29.8 Å². The number of aromatic nitrogens is 1. The minimum absolute atomic E-state index is 0.0790. The van der Waals surface area contributed by atoms with E-state index >= 15 is 0 Å². The molecule has 0 amide bonds. The molecule has 0 atom stereocenters. The zero-order valence-electron chi connectivity index (χ0n) is 10.3. The SMILES string of the molecule is CN(CCc1cccs1)c1cnccc1C(=N)N. The molecule has 4 nitrogen and oxygen atoms in total. The van der Waals surface area contributed by atoms with Crippen LogP contribution in [0.3, 0.4) is 0 Å². The molecule has 18 heavy (non-hydrogen) atoms. The summed E-state index contributed by atoms with van der Waals surface area (Å²) in [6, 6.07) is 5.97. The number of pyridine rings is 1. The third kappa shape index (κ3) is 2.87. The number of nitrogens with one attached hydrogen (secondary N) is 1. The highest BCUT2D eigenvalue weighted by atomic mass is 32.1. The second kappa shape index (κ2) is 5.64. The number of anilines is 1. The van der Waals surface area contributed by atoms with Crippen molar-refractivity contribution in [3.8, 4) is 0 Å². The van der Waals surface area contributed by atoms with Crippen molar-refractivity contribution in [3.05, 3.63) is 46.4 Å². The Hall–Kier alpha value is -1.88. The molecule has 0 radical (unpaired) electrons. The van der Waals surface area contributed by atoms with E-state index in [4.69, 9.17) is 11.1 Å². The lowest BCUT2D eigenvalue weighted by Crippen LogP contribution is -2.24. The van der Waals surface area contributed by atoms with E-state index in [1.165, 1.54) is 4.88 Å². The van der Waals surface area contributed by atoms with Gasteiger partial charge in [-0.25, -0.2) is 0 Å². The molecule has 0 aliphatic carbocycles. The van der Waals surface area contributed by atoms with Crippen LogP contribution in [0.15, 0.2) is 36.0 Å². The van der Waals surface area contributed by atoms with Crippen LogP contribution in [0.2, 0.25) is 0 Å². The first-order valence-corrected chi connectivity index (χ1v) is 6.58. The minimum atomic E-state index is 0.0790. The van der Waals surface area contributed by atoms with Gasteiger partial charge in [0.2, 0.25) is 0 Å². The zero-order chi connectivity index (χ0) is 13.0. The minimum Gasteiger partial charge on any atom is -0.384 e. The molecule has 0 fully saturated rings. The summed E-state index contributed by atoms with van der Waals surface area (Å²) in [5.74, 6) is 0.0790. The number of nitrogens with two attached hydrogens (primary N) is 1.